The van der Waals surface area contributed by atoms with Crippen LogP contribution in [0.15, 0.2) is 16.6 Å². The number of anilines is 1. The minimum atomic E-state index is -1.13. The molecule has 1 aromatic rings. The van der Waals surface area contributed by atoms with Crippen LogP contribution in [-0.2, 0) is 0 Å². The van der Waals surface area contributed by atoms with E-state index in [9.17, 15) is 9.18 Å². The highest BCUT2D eigenvalue weighted by molar-refractivity contribution is 9.10. The molecule has 1 saturated heterocycles. The Hall–Kier alpha value is -1.10. The first-order chi connectivity index (χ1) is 9.38. The zero-order valence-electron chi connectivity index (χ0n) is 11.7. The quantitative estimate of drug-likeness (QED) is 0.889. The maximum atomic E-state index is 14.3. The van der Waals surface area contributed by atoms with Crippen molar-refractivity contribution in [3.8, 4) is 0 Å². The van der Waals surface area contributed by atoms with Crippen molar-refractivity contribution in [3.05, 3.63) is 28.0 Å². The number of hydrogen-bond donors (Lipinski definition) is 1. The number of benzene rings is 1. The van der Waals surface area contributed by atoms with E-state index in [0.29, 0.717) is 11.1 Å². The second-order valence-electron chi connectivity index (χ2n) is 5.72. The van der Waals surface area contributed by atoms with Gasteiger partial charge < -0.3 is 10.0 Å². The molecule has 2 rings (SSSR count). The van der Waals surface area contributed by atoms with E-state index >= 15 is 0 Å². The predicted octanol–water partition coefficient (Wildman–Crippen LogP) is 4.30. The van der Waals surface area contributed by atoms with Crippen molar-refractivity contribution >= 4 is 27.6 Å². The average Bonchev–Trinajstić information content (AvgIpc) is 2.43. The van der Waals surface area contributed by atoms with E-state index in [1.54, 1.807) is 6.07 Å². The second kappa shape index (κ2) is 5.72. The van der Waals surface area contributed by atoms with Crippen molar-refractivity contribution < 1.29 is 14.3 Å². The minimum Gasteiger partial charge on any atom is -0.478 e. The summed E-state index contributed by atoms with van der Waals surface area (Å²) >= 11 is 3.05. The van der Waals surface area contributed by atoms with Crippen LogP contribution in [0.3, 0.4) is 0 Å². The lowest BCUT2D eigenvalue weighted by Crippen LogP contribution is -2.38. The standard InChI is InChI=1S/C15H19BrFNO2/c1-3-15(2)6-8-18(9-7-15)11-5-4-10(14(19)20)12(16)13(11)17/h4-5H,3,6-9H2,1-2H3,(H,19,20). The number of carbonyl (C=O) groups is 1. The molecule has 0 amide bonds. The Morgan fingerprint density at radius 3 is 2.55 bits per heavy atom. The third kappa shape index (κ3) is 2.82. The lowest BCUT2D eigenvalue weighted by Gasteiger charge is -2.40. The molecule has 1 aliphatic rings. The molecule has 1 fully saturated rings. The van der Waals surface area contributed by atoms with Gasteiger partial charge in [0.1, 0.15) is 0 Å². The van der Waals surface area contributed by atoms with E-state index in [0.717, 1.165) is 32.4 Å². The first-order valence-corrected chi connectivity index (χ1v) is 7.63. The van der Waals surface area contributed by atoms with Gasteiger partial charge in [-0.3, -0.25) is 0 Å². The van der Waals surface area contributed by atoms with E-state index in [4.69, 9.17) is 5.11 Å². The van der Waals surface area contributed by atoms with Gasteiger partial charge in [-0.1, -0.05) is 20.3 Å². The Balaban J connectivity index is 2.23. The van der Waals surface area contributed by atoms with E-state index in [2.05, 4.69) is 29.8 Å². The Labute approximate surface area is 126 Å². The SMILES string of the molecule is CCC1(C)CCN(c2ccc(C(=O)O)c(Br)c2F)CC1. The highest BCUT2D eigenvalue weighted by Gasteiger charge is 2.30. The molecule has 0 bridgehead atoms. The lowest BCUT2D eigenvalue weighted by molar-refractivity contribution is 0.0695. The molecule has 110 valence electrons. The summed E-state index contributed by atoms with van der Waals surface area (Å²) in [6, 6.07) is 3.02. The molecule has 0 spiro atoms. The summed E-state index contributed by atoms with van der Waals surface area (Å²) in [5, 5.41) is 8.98. The van der Waals surface area contributed by atoms with Gasteiger partial charge >= 0.3 is 5.97 Å². The first kappa shape index (κ1) is 15.3. The predicted molar refractivity (Wildman–Crippen MR) is 80.9 cm³/mol. The van der Waals surface area contributed by atoms with Crippen LogP contribution < -0.4 is 4.90 Å². The molecule has 5 heteroatoms. The van der Waals surface area contributed by atoms with Gasteiger partial charge in [-0.2, -0.15) is 0 Å². The van der Waals surface area contributed by atoms with Gasteiger partial charge in [0.05, 0.1) is 15.7 Å². The Morgan fingerprint density at radius 1 is 1.45 bits per heavy atom. The van der Waals surface area contributed by atoms with Crippen LogP contribution in [0, 0.1) is 11.2 Å². The number of nitrogens with zero attached hydrogens (tertiary/aromatic N) is 1. The van der Waals surface area contributed by atoms with Crippen LogP contribution in [0.1, 0.15) is 43.5 Å². The molecule has 0 atom stereocenters. The lowest BCUT2D eigenvalue weighted by atomic mass is 9.78. The highest BCUT2D eigenvalue weighted by Crippen LogP contribution is 2.37. The Bertz CT molecular complexity index is 525. The van der Waals surface area contributed by atoms with E-state index in [1.165, 1.54) is 6.07 Å². The van der Waals surface area contributed by atoms with Gasteiger partial charge in [-0.05, 0) is 46.3 Å². The monoisotopic (exact) mass is 343 g/mol. The number of halogens is 2. The Morgan fingerprint density at radius 2 is 2.05 bits per heavy atom. The highest BCUT2D eigenvalue weighted by atomic mass is 79.9. The minimum absolute atomic E-state index is 0.0336. The fourth-order valence-corrected chi connectivity index (χ4v) is 3.09. The summed E-state index contributed by atoms with van der Waals surface area (Å²) in [5.41, 5.74) is 0.785. The molecular weight excluding hydrogens is 325 g/mol. The molecule has 1 heterocycles. The summed E-state index contributed by atoms with van der Waals surface area (Å²) in [6.45, 7) is 6.07. The number of carboxylic acids is 1. The molecule has 0 saturated carbocycles. The van der Waals surface area contributed by atoms with Gasteiger partial charge in [-0.15, -0.1) is 0 Å². The Kier molecular flexibility index (Phi) is 4.37. The fraction of sp³-hybridized carbons (Fsp3) is 0.533. The van der Waals surface area contributed by atoms with Crippen molar-refractivity contribution in [3.63, 3.8) is 0 Å². The number of hydrogen-bond acceptors (Lipinski definition) is 2. The van der Waals surface area contributed by atoms with Crippen molar-refractivity contribution in [1.29, 1.82) is 0 Å². The van der Waals surface area contributed by atoms with Crippen molar-refractivity contribution in [2.45, 2.75) is 33.1 Å². The summed E-state index contributed by atoms with van der Waals surface area (Å²) in [4.78, 5) is 13.0. The third-order valence-corrected chi connectivity index (χ3v) is 5.23. The molecule has 1 N–H and O–H groups in total. The van der Waals surface area contributed by atoms with Crippen LogP contribution in [0.5, 0.6) is 0 Å². The fourth-order valence-electron chi connectivity index (χ4n) is 2.59. The van der Waals surface area contributed by atoms with Gasteiger partial charge in [0.15, 0.2) is 5.82 Å². The van der Waals surface area contributed by atoms with Gasteiger partial charge in [0.25, 0.3) is 0 Å². The number of carboxylic acid groups (broad SMARTS) is 1. The van der Waals surface area contributed by atoms with Crippen LogP contribution in [0.2, 0.25) is 0 Å². The van der Waals surface area contributed by atoms with Crippen molar-refractivity contribution in [2.24, 2.45) is 5.41 Å². The molecule has 0 radical (unpaired) electrons. The maximum Gasteiger partial charge on any atom is 0.336 e. The first-order valence-electron chi connectivity index (χ1n) is 6.84. The summed E-state index contributed by atoms with van der Waals surface area (Å²) in [5.74, 6) is -1.61. The van der Waals surface area contributed by atoms with Crippen molar-refractivity contribution in [2.75, 3.05) is 18.0 Å². The number of aromatic carboxylic acids is 1. The van der Waals surface area contributed by atoms with Crippen LogP contribution in [-0.4, -0.2) is 24.2 Å². The van der Waals surface area contributed by atoms with Crippen LogP contribution >= 0.6 is 15.9 Å². The normalized spacial score (nSPS) is 18.1. The van der Waals surface area contributed by atoms with Crippen molar-refractivity contribution in [1.82, 2.24) is 0 Å². The summed E-state index contributed by atoms with van der Waals surface area (Å²) in [7, 11) is 0. The molecule has 0 unspecified atom stereocenters. The smallest absolute Gasteiger partial charge is 0.336 e. The van der Waals surface area contributed by atoms with E-state index in [-0.39, 0.29) is 10.0 Å². The zero-order valence-corrected chi connectivity index (χ0v) is 13.3. The van der Waals surface area contributed by atoms with Gasteiger partial charge in [0.2, 0.25) is 0 Å². The molecule has 1 aromatic carbocycles. The van der Waals surface area contributed by atoms with Gasteiger partial charge in [0, 0.05) is 13.1 Å². The second-order valence-corrected chi connectivity index (χ2v) is 6.51. The third-order valence-electron chi connectivity index (χ3n) is 4.46. The van der Waals surface area contributed by atoms with E-state index in [1.807, 2.05) is 4.90 Å². The van der Waals surface area contributed by atoms with Gasteiger partial charge in [-0.25, -0.2) is 9.18 Å². The molecule has 20 heavy (non-hydrogen) atoms. The average molecular weight is 344 g/mol. The molecule has 1 aliphatic heterocycles. The maximum absolute atomic E-state index is 14.3. The summed E-state index contributed by atoms with van der Waals surface area (Å²) < 4.78 is 14.4. The zero-order chi connectivity index (χ0) is 14.9. The number of rotatable bonds is 3. The molecule has 0 aliphatic carbocycles. The molecule has 3 nitrogen and oxygen atoms in total. The largest absolute Gasteiger partial charge is 0.478 e. The molecule has 0 aromatic heterocycles. The number of piperidine rings is 1. The van der Waals surface area contributed by atoms with E-state index < -0.39 is 11.8 Å². The molecular formula is C15H19BrFNO2. The van der Waals surface area contributed by atoms with Crippen LogP contribution in [0.4, 0.5) is 10.1 Å². The summed E-state index contributed by atoms with van der Waals surface area (Å²) in [6.07, 6.45) is 3.19. The van der Waals surface area contributed by atoms with Crippen LogP contribution in [0.25, 0.3) is 0 Å². The topological polar surface area (TPSA) is 40.5 Å².